The van der Waals surface area contributed by atoms with E-state index >= 15 is 0 Å². The number of hydrogen-bond donors (Lipinski definition) is 0. The van der Waals surface area contributed by atoms with Gasteiger partial charge >= 0.3 is 0 Å². The van der Waals surface area contributed by atoms with Crippen LogP contribution in [0.3, 0.4) is 0 Å². The molecule has 0 atom stereocenters. The molecular formula is C118H79BN4. The largest absolute Gasteiger partial charge is 0.310 e. The number of rotatable bonds is 16. The normalized spacial score (nSPS) is 12.0. The number of hydrogen-bond acceptors (Lipinski definition) is 2. The highest BCUT2D eigenvalue weighted by Crippen LogP contribution is 2.56. The van der Waals surface area contributed by atoms with Crippen LogP contribution in [0.2, 0.25) is 0 Å². The van der Waals surface area contributed by atoms with Gasteiger partial charge in [-0.2, -0.15) is 0 Å². The second-order valence-electron chi connectivity index (χ2n) is 32.1. The first kappa shape index (κ1) is 72.2. The van der Waals surface area contributed by atoms with Crippen molar-refractivity contribution in [2.75, 3.05) is 9.80 Å². The molecular weight excluding hydrogens is 1480 g/mol. The summed E-state index contributed by atoms with van der Waals surface area (Å²) in [5.74, 6) is 0. The van der Waals surface area contributed by atoms with Crippen molar-refractivity contribution in [1.82, 2.24) is 9.13 Å². The van der Waals surface area contributed by atoms with Crippen LogP contribution >= 0.6 is 0 Å². The molecule has 0 aliphatic carbocycles. The molecule has 0 bridgehead atoms. The van der Waals surface area contributed by atoms with Crippen molar-refractivity contribution in [1.29, 1.82) is 0 Å². The maximum Gasteiger partial charge on any atom is 0.252 e. The van der Waals surface area contributed by atoms with Crippen LogP contribution in [0, 0.1) is 0 Å². The summed E-state index contributed by atoms with van der Waals surface area (Å²) in [5.41, 5.74) is 38.7. The minimum absolute atomic E-state index is 0.375. The molecule has 0 saturated heterocycles. The van der Waals surface area contributed by atoms with Crippen molar-refractivity contribution in [3.8, 4) is 145 Å². The van der Waals surface area contributed by atoms with E-state index in [9.17, 15) is 0 Å². The molecule has 0 amide bonds. The fraction of sp³-hybridized carbons (Fsp3) is 0. The molecule has 21 aromatic rings. The molecule has 0 N–H and O–H groups in total. The highest BCUT2D eigenvalue weighted by molar-refractivity contribution is 7.00. The monoisotopic (exact) mass is 1560 g/mol. The van der Waals surface area contributed by atoms with E-state index in [2.05, 4.69) is 498 Å². The van der Waals surface area contributed by atoms with Crippen LogP contribution in [0.4, 0.5) is 34.1 Å². The van der Waals surface area contributed by atoms with Crippen LogP contribution in [-0.2, 0) is 0 Å². The van der Waals surface area contributed by atoms with Crippen LogP contribution in [0.1, 0.15) is 0 Å². The van der Waals surface area contributed by atoms with Crippen LogP contribution < -0.4 is 26.2 Å². The lowest BCUT2D eigenvalue weighted by molar-refractivity contribution is 1.10. The lowest BCUT2D eigenvalue weighted by Gasteiger charge is -2.46. The summed E-state index contributed by atoms with van der Waals surface area (Å²) >= 11 is 0. The molecule has 2 aliphatic heterocycles. The molecule has 574 valence electrons. The molecule has 0 spiro atoms. The van der Waals surface area contributed by atoms with Crippen molar-refractivity contribution < 1.29 is 0 Å². The van der Waals surface area contributed by atoms with E-state index in [1.54, 1.807) is 0 Å². The van der Waals surface area contributed by atoms with Gasteiger partial charge < -0.3 is 18.9 Å². The molecule has 19 aromatic carbocycles. The van der Waals surface area contributed by atoms with Crippen molar-refractivity contribution in [2.45, 2.75) is 0 Å². The van der Waals surface area contributed by atoms with Crippen molar-refractivity contribution in [2.24, 2.45) is 0 Å². The maximum absolute atomic E-state index is 2.72. The average molecular weight is 1560 g/mol. The number of nitrogens with zero attached hydrogens (tertiary/aromatic N) is 4. The first-order chi connectivity index (χ1) is 61.1. The summed E-state index contributed by atoms with van der Waals surface area (Å²) in [6, 6.07) is 179. The quantitative estimate of drug-likeness (QED) is 0.0897. The first-order valence-electron chi connectivity index (χ1n) is 42.5. The minimum atomic E-state index is -0.375. The molecule has 123 heavy (non-hydrogen) atoms. The van der Waals surface area contributed by atoms with Gasteiger partial charge in [0.25, 0.3) is 6.71 Å². The summed E-state index contributed by atoms with van der Waals surface area (Å²) in [5, 5.41) is 4.69. The third-order valence-corrected chi connectivity index (χ3v) is 25.1. The van der Waals surface area contributed by atoms with Gasteiger partial charge in [0.15, 0.2) is 0 Å². The van der Waals surface area contributed by atoms with Gasteiger partial charge in [0.2, 0.25) is 0 Å². The minimum Gasteiger partial charge on any atom is -0.310 e. The third kappa shape index (κ3) is 12.5. The fourth-order valence-electron chi connectivity index (χ4n) is 19.7. The Morgan fingerprint density at radius 3 is 0.699 bits per heavy atom. The summed E-state index contributed by atoms with van der Waals surface area (Å²) in [4.78, 5) is 5.43. The average Bonchev–Trinajstić information content (AvgIpc) is 0.929. The molecule has 2 aromatic heterocycles. The SMILES string of the molecule is c1ccc(-c2cccc(-c3cc4c5c(c3)N(c3c(-c6ccccc6)cccc3-c3cccc(-c6ccccc6)c3)c3cc(-n6c(-c7ccccc7)c7ccccc7c6-c6ccccc6)ccc3B5c3ccc(-n5c(-c6ccccc6)c6ccccc6c5-c5ccccc5)cc3N4c3c(-c4ccccc4)cccc3-c3cccc(-c4ccccc4)c3)c2)cc1. The lowest BCUT2D eigenvalue weighted by atomic mass is 9.33. The molecule has 4 heterocycles. The van der Waals surface area contributed by atoms with Crippen molar-refractivity contribution in [3.63, 3.8) is 0 Å². The Morgan fingerprint density at radius 2 is 0.390 bits per heavy atom. The van der Waals surface area contributed by atoms with Gasteiger partial charge in [-0.25, -0.2) is 0 Å². The topological polar surface area (TPSA) is 16.3 Å². The molecule has 0 saturated carbocycles. The van der Waals surface area contributed by atoms with Gasteiger partial charge in [-0.05, 0) is 160 Å². The smallest absolute Gasteiger partial charge is 0.252 e. The predicted molar refractivity (Wildman–Crippen MR) is 519 cm³/mol. The van der Waals surface area contributed by atoms with Gasteiger partial charge in [-0.3, -0.25) is 0 Å². The number of anilines is 6. The van der Waals surface area contributed by atoms with Crippen LogP contribution in [-0.4, -0.2) is 15.8 Å². The number of benzene rings is 19. The number of fused-ring (bicyclic) bond motifs is 6. The zero-order chi connectivity index (χ0) is 81.3. The molecule has 0 unspecified atom stereocenters. The second-order valence-corrected chi connectivity index (χ2v) is 32.1. The molecule has 23 rings (SSSR count). The number of aromatic nitrogens is 2. The Balaban J connectivity index is 0.906. The molecule has 2 aliphatic rings. The van der Waals surface area contributed by atoms with Crippen molar-refractivity contribution >= 4 is 78.8 Å². The van der Waals surface area contributed by atoms with Crippen LogP contribution in [0.15, 0.2) is 479 Å². The van der Waals surface area contributed by atoms with Gasteiger partial charge in [0, 0.05) is 77.9 Å². The molecule has 5 heteroatoms. The summed E-state index contributed by atoms with van der Waals surface area (Å²) < 4.78 is 5.14. The van der Waals surface area contributed by atoms with Gasteiger partial charge in [0.1, 0.15) is 0 Å². The van der Waals surface area contributed by atoms with E-state index in [4.69, 9.17) is 0 Å². The van der Waals surface area contributed by atoms with E-state index < -0.39 is 0 Å². The standard InChI is InChI=1S/C118H79BN4/c1-10-37-80(38-11-1)89-55-32-58-92(73-89)95-76-110-112-111(77-95)123(118-99(84-45-18-5-19-46-84)66-36-68-101(118)94-60-34-57-91(75-94)82-41-14-3-15-42-82)109-79-97(121-115(87-51-24-8-25-52-87)104-63-30-31-64-105(104)116(121)88-53-26-9-27-54-88)70-72-107(109)119(112)106-71-69-96(120-113(85-47-20-6-21-48-85)102-61-28-29-62-103(102)114(120)86-49-22-7-23-50-86)78-108(106)122(110)117-98(83-43-16-4-17-44-83)65-35-67-100(117)93-59-33-56-90(74-93)81-39-12-2-13-40-81/h1-79H. The van der Waals surface area contributed by atoms with Gasteiger partial charge in [-0.15, -0.1) is 0 Å². The Hall–Kier alpha value is -16.1. The fourth-order valence-corrected chi connectivity index (χ4v) is 19.7. The summed E-state index contributed by atoms with van der Waals surface area (Å²) in [6.07, 6.45) is 0. The van der Waals surface area contributed by atoms with Gasteiger partial charge in [0.05, 0.1) is 34.2 Å². The van der Waals surface area contributed by atoms with Gasteiger partial charge in [-0.1, -0.05) is 425 Å². The zero-order valence-electron chi connectivity index (χ0n) is 67.5. The molecule has 0 fully saturated rings. The molecule has 0 radical (unpaired) electrons. The maximum atomic E-state index is 2.72. The van der Waals surface area contributed by atoms with E-state index in [1.165, 1.54) is 37.9 Å². The predicted octanol–water partition coefficient (Wildman–Crippen LogP) is 29.7. The highest BCUT2D eigenvalue weighted by Gasteiger charge is 2.46. The highest BCUT2D eigenvalue weighted by atomic mass is 15.2. The Morgan fingerprint density at radius 1 is 0.154 bits per heavy atom. The zero-order valence-corrected chi connectivity index (χ0v) is 67.5. The Kier molecular flexibility index (Phi) is 18.0. The number of para-hydroxylation sites is 2. The first-order valence-corrected chi connectivity index (χ1v) is 42.5. The van der Waals surface area contributed by atoms with Crippen LogP contribution in [0.25, 0.3) is 167 Å². The van der Waals surface area contributed by atoms with Crippen LogP contribution in [0.5, 0.6) is 0 Å². The van der Waals surface area contributed by atoms with E-state index in [1.807, 2.05) is 0 Å². The Bertz CT molecular complexity index is 7020. The summed E-state index contributed by atoms with van der Waals surface area (Å²) in [6.45, 7) is -0.375. The van der Waals surface area contributed by atoms with E-state index in [-0.39, 0.29) is 6.71 Å². The Labute approximate surface area is 717 Å². The third-order valence-electron chi connectivity index (χ3n) is 25.1. The second kappa shape index (κ2) is 30.7. The van der Waals surface area contributed by atoms with E-state index in [0.29, 0.717) is 0 Å². The molecule has 4 nitrogen and oxygen atoms in total. The lowest BCUT2D eigenvalue weighted by Crippen LogP contribution is -2.61. The summed E-state index contributed by atoms with van der Waals surface area (Å²) in [7, 11) is 0. The van der Waals surface area contributed by atoms with E-state index in [0.717, 1.165) is 180 Å². The van der Waals surface area contributed by atoms with Crippen molar-refractivity contribution in [3.05, 3.63) is 479 Å².